The van der Waals surface area contributed by atoms with E-state index in [0.717, 1.165) is 98.0 Å². The van der Waals surface area contributed by atoms with Crippen molar-refractivity contribution in [3.05, 3.63) is 367 Å². The maximum Gasteiger partial charge on any atom is 0.494 e. The number of benzene rings is 12. The first-order valence-corrected chi connectivity index (χ1v) is 36.4. The second-order valence-corrected chi connectivity index (χ2v) is 27.7. The molecule has 12 nitrogen and oxygen atoms in total. The van der Waals surface area contributed by atoms with Crippen molar-refractivity contribution in [3.63, 3.8) is 0 Å². The minimum Gasteiger partial charge on any atom is -0.399 e. The molecule has 0 N–H and O–H groups in total. The van der Waals surface area contributed by atoms with E-state index in [2.05, 4.69) is 112 Å². The van der Waals surface area contributed by atoms with E-state index < -0.39 is 18.3 Å². The molecule has 0 spiro atoms. The number of hydrogen-bond acceptors (Lipinski definition) is 12. The van der Waals surface area contributed by atoms with Gasteiger partial charge < -0.3 is 14.3 Å². The van der Waals surface area contributed by atoms with Crippen molar-refractivity contribution in [3.8, 4) is 136 Å². The first-order valence-electron chi connectivity index (χ1n) is 34.8. The molecule has 1 fully saturated rings. The maximum atomic E-state index is 6.25. The Morgan fingerprint density at radius 2 is 0.596 bits per heavy atom. The van der Waals surface area contributed by atoms with Gasteiger partial charge in [-0.2, -0.15) is 42.5 Å². The molecule has 4 aromatic heterocycles. The average molecular weight is 1900 g/mol. The number of rotatable bonds is 13. The topological polar surface area (TPSA) is 147 Å². The van der Waals surface area contributed by atoms with Gasteiger partial charge in [0.1, 0.15) is 0 Å². The van der Waals surface area contributed by atoms with Gasteiger partial charge in [-0.25, -0.2) is 56.0 Å². The van der Waals surface area contributed by atoms with Crippen LogP contribution in [0.25, 0.3) is 136 Å². The predicted octanol–water partition coefficient (Wildman–Crippen LogP) is 21.9. The van der Waals surface area contributed by atoms with Gasteiger partial charge in [0, 0.05) is 101 Å². The fourth-order valence-corrected chi connectivity index (χ4v) is 12.3. The van der Waals surface area contributed by atoms with Crippen LogP contribution >= 0.6 is 31.9 Å². The molecule has 2 radical (unpaired) electrons. The summed E-state index contributed by atoms with van der Waals surface area (Å²) in [7, 11) is -0.445. The first kappa shape index (κ1) is 77.7. The fourth-order valence-electron chi connectivity index (χ4n) is 11.6. The Morgan fingerprint density at radius 1 is 0.266 bits per heavy atom. The summed E-state index contributed by atoms with van der Waals surface area (Å²) >= 11 is 6.94. The molecule has 1 saturated heterocycles. The normalized spacial score (nSPS) is 12.2. The second-order valence-electron chi connectivity index (χ2n) is 25.8. The molecule has 0 bridgehead atoms. The largest absolute Gasteiger partial charge is 0.494 e. The molecule has 0 amide bonds. The Bertz CT molecular complexity index is 5450. The van der Waals surface area contributed by atoms with Crippen molar-refractivity contribution in [1.29, 1.82) is 0 Å². The molecule has 536 valence electrons. The zero-order valence-corrected chi connectivity index (χ0v) is 67.6. The van der Waals surface area contributed by atoms with Gasteiger partial charge in [0.15, 0.2) is 52.4 Å². The van der Waals surface area contributed by atoms with Crippen LogP contribution < -0.4 is 5.46 Å². The van der Waals surface area contributed by atoms with E-state index in [-0.39, 0.29) is 40.2 Å². The van der Waals surface area contributed by atoms with E-state index in [1.807, 2.05) is 309 Å². The van der Waals surface area contributed by atoms with Crippen LogP contribution in [0.1, 0.15) is 27.7 Å². The van der Waals surface area contributed by atoms with Crippen molar-refractivity contribution < 1.29 is 49.5 Å². The number of halogens is 2. The van der Waals surface area contributed by atoms with Gasteiger partial charge in [-0.3, -0.25) is 0 Å². The van der Waals surface area contributed by atoms with Crippen LogP contribution in [0.5, 0.6) is 0 Å². The summed E-state index contributed by atoms with van der Waals surface area (Å²) in [6, 6.07) is 120. The van der Waals surface area contributed by atoms with Crippen LogP contribution in [-0.4, -0.2) is 68.2 Å². The Labute approximate surface area is 679 Å². The van der Waals surface area contributed by atoms with Gasteiger partial charge in [0.05, 0.1) is 11.2 Å². The molecule has 0 saturated carbocycles. The molecule has 12 aromatic carbocycles. The Hall–Kier alpha value is -10.9. The van der Waals surface area contributed by atoms with Crippen LogP contribution in [0.15, 0.2) is 349 Å². The van der Waals surface area contributed by atoms with Crippen molar-refractivity contribution in [2.45, 2.75) is 38.9 Å². The molecule has 0 atom stereocenters. The monoisotopic (exact) mass is 1900 g/mol. The number of nitrogens with zero attached hydrogens (tertiary/aromatic N) is 10. The smallest absolute Gasteiger partial charge is 0.399 e. The van der Waals surface area contributed by atoms with E-state index in [0.29, 0.717) is 52.4 Å². The fraction of sp³-hybridized carbons (Fsp3) is 0.0652. The van der Waals surface area contributed by atoms with Gasteiger partial charge in [-0.15, -0.1) is 47.5 Å². The molecule has 109 heavy (non-hydrogen) atoms. The minimum atomic E-state index is -0.445. The standard InChI is InChI=1S/C32H21N4.C27H26BN3O2.C21H14BrN3.C12H7Br.2Ir/c1-3-11-23(12-4-1)30-34-31(24-13-5-2-6-14-24)36-32(35-30)28-18-10-16-26(22-28)25-15-9-17-27(21-25)29-19-7-8-20-33-29;1-26(2)27(3,4)33-28(32-26)22-17-11-16-21(18-22)25-30-23(19-12-7-5-8-13-19)29-24(31-25)20-14-9-6-10-15-20;22-18-13-7-12-17(14-18)21-24-19(15-8-3-1-4-9-15)23-20(25-21)16-10-5-2-6-11-16;13-12-8-4-7-11(9-12)10-5-2-1-3-6-10;;/h1-16,18-22H;5-18H,1-4H3;1-14H;1-5,8-9H;;/q-1;;;-2;;. The Morgan fingerprint density at radius 3 is 1.00 bits per heavy atom. The van der Waals surface area contributed by atoms with Gasteiger partial charge in [0.2, 0.25) is 0 Å². The van der Waals surface area contributed by atoms with Crippen LogP contribution in [0.3, 0.4) is 0 Å². The molecule has 16 aromatic rings. The Balaban J connectivity index is 0.000000141. The van der Waals surface area contributed by atoms with Crippen molar-refractivity contribution in [2.24, 2.45) is 0 Å². The van der Waals surface area contributed by atoms with E-state index in [1.54, 1.807) is 6.20 Å². The summed E-state index contributed by atoms with van der Waals surface area (Å²) in [5.41, 5.74) is 14.8. The van der Waals surface area contributed by atoms with Gasteiger partial charge in [-0.05, 0) is 68.7 Å². The van der Waals surface area contributed by atoms with Crippen LogP contribution in [0.4, 0.5) is 0 Å². The summed E-state index contributed by atoms with van der Waals surface area (Å²) in [6.07, 6.45) is 1.80. The number of pyridine rings is 1. The first-order chi connectivity index (χ1) is 52.3. The third-order valence-corrected chi connectivity index (χ3v) is 18.8. The van der Waals surface area contributed by atoms with Gasteiger partial charge >= 0.3 is 7.12 Å². The van der Waals surface area contributed by atoms with Crippen LogP contribution in [0.2, 0.25) is 0 Å². The summed E-state index contributed by atoms with van der Waals surface area (Å²) in [5, 5.41) is 0. The molecule has 5 heterocycles. The second kappa shape index (κ2) is 36.8. The summed E-state index contributed by atoms with van der Waals surface area (Å²) < 4.78 is 14.6. The molecular weight excluding hydrogens is 1830 g/mol. The maximum absolute atomic E-state index is 6.25. The van der Waals surface area contributed by atoms with Crippen LogP contribution in [-0.2, 0) is 49.5 Å². The van der Waals surface area contributed by atoms with Crippen molar-refractivity contribution in [1.82, 2.24) is 49.8 Å². The third kappa shape index (κ3) is 19.9. The van der Waals surface area contributed by atoms with Gasteiger partial charge in [-0.1, -0.05) is 285 Å². The van der Waals surface area contributed by atoms with E-state index in [9.17, 15) is 0 Å². The SMILES string of the molecule is Brc1cc[c-]c(-c2[c-]cccc2)c1.Brc1cccc(-c2nc(-c3ccccc3)nc(-c3ccccc3)n2)c1.CC1(C)OB(c2cccc(-c3nc(-c4ccccc4)nc(-c4ccccc4)n3)c2)OC1(C)C.[Ir].[Ir].[c-]1ccc(-c2cccc(-c3nc(-c4ccccc4)nc(-c4ccccc4)n3)c2)cc1-c1ccccn1. The van der Waals surface area contributed by atoms with E-state index in [4.69, 9.17) is 49.2 Å². The summed E-state index contributed by atoms with van der Waals surface area (Å²) in [6.45, 7) is 8.23. The average Bonchev–Trinajstić information content (AvgIpc) is 1.72. The number of aromatic nitrogens is 10. The molecule has 17 rings (SSSR count). The molecule has 0 aliphatic carbocycles. The molecule has 17 heteroatoms. The zero-order valence-electron chi connectivity index (χ0n) is 59.6. The summed E-state index contributed by atoms with van der Waals surface area (Å²) in [4.78, 5) is 47.5. The molecule has 1 aliphatic rings. The molecule has 1 aliphatic heterocycles. The molecule has 0 unspecified atom stereocenters. The molecular formula is C92H68BBr2Ir2N10O2-3. The zero-order chi connectivity index (χ0) is 73.4. The number of hydrogen-bond donors (Lipinski definition) is 0. The minimum absolute atomic E-state index is 0. The quantitative estimate of drug-likeness (QED) is 0.0799. The van der Waals surface area contributed by atoms with Crippen molar-refractivity contribution in [2.75, 3.05) is 0 Å². The van der Waals surface area contributed by atoms with E-state index in [1.165, 1.54) is 0 Å². The summed E-state index contributed by atoms with van der Waals surface area (Å²) in [5.74, 6) is 5.83. The van der Waals surface area contributed by atoms with E-state index >= 15 is 0 Å². The Kier molecular flexibility index (Phi) is 26.2. The predicted molar refractivity (Wildman–Crippen MR) is 437 cm³/mol. The van der Waals surface area contributed by atoms with Gasteiger partial charge in [0.25, 0.3) is 0 Å². The van der Waals surface area contributed by atoms with Crippen molar-refractivity contribution >= 4 is 44.4 Å². The van der Waals surface area contributed by atoms with Crippen LogP contribution in [0, 0.1) is 18.2 Å². The third-order valence-electron chi connectivity index (χ3n) is 17.8.